The number of urea groups is 1. The first-order valence-electron chi connectivity index (χ1n) is 18.7. The van der Waals surface area contributed by atoms with Crippen LogP contribution in [0.2, 0.25) is 0 Å². The Balaban J connectivity index is 1.26. The van der Waals surface area contributed by atoms with Crippen LogP contribution in [0.4, 0.5) is 16.3 Å². The van der Waals surface area contributed by atoms with Gasteiger partial charge < -0.3 is 24.6 Å². The quantitative estimate of drug-likeness (QED) is 0.136. The molecule has 53 heavy (non-hydrogen) atoms. The molecule has 10 nitrogen and oxygen atoms in total. The topological polar surface area (TPSA) is 104 Å². The zero-order valence-corrected chi connectivity index (χ0v) is 31.2. The Bertz CT molecular complexity index is 1780. The number of ether oxygens (including phenoxy) is 2. The number of carbonyl (C=O) groups is 3. The van der Waals surface area contributed by atoms with E-state index in [9.17, 15) is 14.4 Å². The molecular weight excluding hydrogens is 667 g/mol. The van der Waals surface area contributed by atoms with E-state index in [-0.39, 0.29) is 24.3 Å². The van der Waals surface area contributed by atoms with Gasteiger partial charge >= 0.3 is 6.03 Å². The van der Waals surface area contributed by atoms with Gasteiger partial charge in [-0.1, -0.05) is 68.7 Å². The minimum absolute atomic E-state index is 0.0394. The van der Waals surface area contributed by atoms with E-state index in [4.69, 9.17) is 14.5 Å². The number of nitrogens with zero attached hydrogens (tertiary/aromatic N) is 4. The first kappa shape index (κ1) is 37.4. The van der Waals surface area contributed by atoms with E-state index in [2.05, 4.69) is 17.1 Å². The van der Waals surface area contributed by atoms with Gasteiger partial charge in [-0.3, -0.25) is 14.5 Å². The first-order valence-corrected chi connectivity index (χ1v) is 18.7. The molecule has 1 unspecified atom stereocenters. The third-order valence-electron chi connectivity index (χ3n) is 10.8. The number of nitrogens with one attached hydrogen (secondary N) is 1. The molecule has 278 valence electrons. The summed E-state index contributed by atoms with van der Waals surface area (Å²) < 4.78 is 10.7. The standard InChI is InChI=1S/C43H51N5O5/c1-5-38(33-12-8-6-9-13-33)45-43(51)48-40(42(50)46(2)34-14-10-7-11-15-34)37(41(48)49)26-32-24-25-44-39(27-32)47(28-30-16-20-35(52-3)21-17-30)29-31-18-22-36(53-4)23-19-31/h7,10-11,14-25,27,33,37-38,40H,5-6,8-9,12-13,26,28-29H2,1-4H3,(H,45,51)/t37-,38?,40+/m1/s1. The molecule has 0 bridgehead atoms. The molecule has 10 heteroatoms. The second-order valence-electron chi connectivity index (χ2n) is 14.1. The number of para-hydroxylation sites is 1. The highest BCUT2D eigenvalue weighted by atomic mass is 16.5. The average molecular weight is 718 g/mol. The molecule has 6 rings (SSSR count). The zero-order chi connectivity index (χ0) is 37.3. The second-order valence-corrected chi connectivity index (χ2v) is 14.1. The average Bonchev–Trinajstić information content (AvgIpc) is 3.21. The summed E-state index contributed by atoms with van der Waals surface area (Å²) in [4.78, 5) is 51.7. The Morgan fingerprint density at radius 2 is 1.45 bits per heavy atom. The van der Waals surface area contributed by atoms with Gasteiger partial charge in [0, 0.05) is 38.1 Å². The lowest BCUT2D eigenvalue weighted by Crippen LogP contribution is -2.71. The molecule has 1 saturated carbocycles. The van der Waals surface area contributed by atoms with Crippen LogP contribution in [0.15, 0.2) is 97.2 Å². The number of likely N-dealkylation sites (tertiary alicyclic amines) is 1. The van der Waals surface area contributed by atoms with Gasteiger partial charge in [0.15, 0.2) is 0 Å². The molecule has 3 atom stereocenters. The van der Waals surface area contributed by atoms with Gasteiger partial charge in [-0.15, -0.1) is 0 Å². The molecule has 0 radical (unpaired) electrons. The second kappa shape index (κ2) is 17.4. The van der Waals surface area contributed by atoms with Gasteiger partial charge in [-0.2, -0.15) is 0 Å². The number of amides is 4. The number of likely N-dealkylation sites (N-methyl/N-ethyl adjacent to an activating group) is 1. The minimum Gasteiger partial charge on any atom is -0.497 e. The summed E-state index contributed by atoms with van der Waals surface area (Å²) in [5.41, 5.74) is 3.71. The predicted octanol–water partition coefficient (Wildman–Crippen LogP) is 7.41. The number of carbonyl (C=O) groups excluding carboxylic acids is 3. The van der Waals surface area contributed by atoms with Gasteiger partial charge in [-0.25, -0.2) is 9.78 Å². The third kappa shape index (κ3) is 8.81. The van der Waals surface area contributed by atoms with E-state index in [1.165, 1.54) is 11.3 Å². The number of pyridine rings is 1. The summed E-state index contributed by atoms with van der Waals surface area (Å²) in [6, 6.07) is 27.6. The number of benzene rings is 3. The van der Waals surface area contributed by atoms with Crippen molar-refractivity contribution in [2.45, 2.75) is 77.0 Å². The van der Waals surface area contributed by atoms with Crippen LogP contribution in [0.25, 0.3) is 0 Å². The molecular formula is C43H51N5O5. The van der Waals surface area contributed by atoms with Crippen molar-refractivity contribution >= 4 is 29.4 Å². The highest BCUT2D eigenvalue weighted by Crippen LogP contribution is 2.35. The number of rotatable bonds is 14. The Morgan fingerprint density at radius 1 is 0.849 bits per heavy atom. The first-order chi connectivity index (χ1) is 25.8. The summed E-state index contributed by atoms with van der Waals surface area (Å²) in [6.45, 7) is 3.22. The molecule has 1 N–H and O–H groups in total. The van der Waals surface area contributed by atoms with Crippen LogP contribution in [-0.4, -0.2) is 61.1 Å². The maximum absolute atomic E-state index is 14.2. The normalized spacial score (nSPS) is 17.7. The number of methoxy groups -OCH3 is 2. The maximum atomic E-state index is 14.2. The van der Waals surface area contributed by atoms with Crippen molar-refractivity contribution in [3.8, 4) is 11.5 Å². The molecule has 2 fully saturated rings. The molecule has 2 heterocycles. The lowest BCUT2D eigenvalue weighted by atomic mass is 9.81. The van der Waals surface area contributed by atoms with Crippen LogP contribution in [0.5, 0.6) is 11.5 Å². The Kier molecular flexibility index (Phi) is 12.3. The number of hydrogen-bond acceptors (Lipinski definition) is 7. The van der Waals surface area contributed by atoms with Crippen LogP contribution in [0, 0.1) is 11.8 Å². The van der Waals surface area contributed by atoms with Crippen LogP contribution in [0.3, 0.4) is 0 Å². The van der Waals surface area contributed by atoms with Crippen LogP contribution >= 0.6 is 0 Å². The summed E-state index contributed by atoms with van der Waals surface area (Å²) >= 11 is 0. The fraction of sp³-hybridized carbons (Fsp3) is 0.395. The van der Waals surface area contributed by atoms with Crippen LogP contribution in [0.1, 0.15) is 62.1 Å². The number of hydrogen-bond donors (Lipinski definition) is 1. The van der Waals surface area contributed by atoms with Crippen molar-refractivity contribution in [2.24, 2.45) is 11.8 Å². The predicted molar refractivity (Wildman–Crippen MR) is 207 cm³/mol. The summed E-state index contributed by atoms with van der Waals surface area (Å²) in [5.74, 6) is 1.33. The summed E-state index contributed by atoms with van der Waals surface area (Å²) in [5, 5.41) is 3.16. The lowest BCUT2D eigenvalue weighted by molar-refractivity contribution is -0.156. The van der Waals surface area contributed by atoms with Crippen molar-refractivity contribution in [1.82, 2.24) is 15.2 Å². The van der Waals surface area contributed by atoms with Crippen molar-refractivity contribution < 1.29 is 23.9 Å². The largest absolute Gasteiger partial charge is 0.497 e. The molecule has 1 aliphatic heterocycles. The summed E-state index contributed by atoms with van der Waals surface area (Å²) in [6.07, 6.45) is 8.44. The Morgan fingerprint density at radius 3 is 2.02 bits per heavy atom. The molecule has 3 aromatic carbocycles. The minimum atomic E-state index is -0.942. The third-order valence-corrected chi connectivity index (χ3v) is 10.8. The van der Waals surface area contributed by atoms with Gasteiger partial charge in [0.1, 0.15) is 23.4 Å². The van der Waals surface area contributed by atoms with E-state index in [1.54, 1.807) is 32.4 Å². The van der Waals surface area contributed by atoms with Gasteiger partial charge in [-0.05, 0) is 96.8 Å². The SMILES string of the molecule is CCC(NC(=O)N1C(=O)[C@H](Cc2ccnc(N(Cc3ccc(OC)cc3)Cc3ccc(OC)cc3)c2)[C@H]1C(=O)N(C)c1ccccc1)C1CCCCC1. The van der Waals surface area contributed by atoms with E-state index in [0.717, 1.165) is 66.1 Å². The lowest BCUT2D eigenvalue weighted by Gasteiger charge is -2.46. The monoisotopic (exact) mass is 717 g/mol. The number of imide groups is 1. The smallest absolute Gasteiger partial charge is 0.325 e. The van der Waals surface area contributed by atoms with E-state index in [0.29, 0.717) is 24.7 Å². The number of anilines is 2. The molecule has 1 aliphatic carbocycles. The van der Waals surface area contributed by atoms with Crippen molar-refractivity contribution in [3.05, 3.63) is 114 Å². The van der Waals surface area contributed by atoms with Gasteiger partial charge in [0.05, 0.1) is 20.1 Å². The molecule has 4 amide bonds. The molecule has 4 aromatic rings. The van der Waals surface area contributed by atoms with Crippen molar-refractivity contribution in [1.29, 1.82) is 0 Å². The fourth-order valence-corrected chi connectivity index (χ4v) is 7.69. The van der Waals surface area contributed by atoms with Gasteiger partial charge in [0.2, 0.25) is 5.91 Å². The highest BCUT2D eigenvalue weighted by Gasteiger charge is 2.55. The van der Waals surface area contributed by atoms with Crippen molar-refractivity contribution in [3.63, 3.8) is 0 Å². The summed E-state index contributed by atoms with van der Waals surface area (Å²) in [7, 11) is 5.00. The molecule has 1 saturated heterocycles. The molecule has 2 aliphatic rings. The molecule has 1 aromatic heterocycles. The van der Waals surface area contributed by atoms with E-state index >= 15 is 0 Å². The Hall–Kier alpha value is -5.38. The van der Waals surface area contributed by atoms with E-state index < -0.39 is 18.0 Å². The van der Waals surface area contributed by atoms with Crippen LogP contribution in [-0.2, 0) is 29.1 Å². The highest BCUT2D eigenvalue weighted by molar-refractivity contribution is 6.12. The number of β-lactam (4-membered cyclic amide) rings is 1. The van der Waals surface area contributed by atoms with Crippen molar-refractivity contribution in [2.75, 3.05) is 31.1 Å². The Labute approximate surface area is 313 Å². The van der Waals surface area contributed by atoms with Gasteiger partial charge in [0.25, 0.3) is 5.91 Å². The van der Waals surface area contributed by atoms with E-state index in [1.807, 2.05) is 91.0 Å². The van der Waals surface area contributed by atoms with Crippen LogP contribution < -0.4 is 24.6 Å². The fourth-order valence-electron chi connectivity index (χ4n) is 7.69. The zero-order valence-electron chi connectivity index (χ0n) is 31.2. The number of aromatic nitrogens is 1. The maximum Gasteiger partial charge on any atom is 0.325 e. The molecule has 0 spiro atoms.